The lowest BCUT2D eigenvalue weighted by Crippen LogP contribution is -2.33. The molecule has 5 nitrogen and oxygen atoms in total. The molecule has 0 aliphatic heterocycles. The molecule has 1 aromatic carbocycles. The fraction of sp³-hybridized carbons (Fsp3) is 0.562. The quantitative estimate of drug-likeness (QED) is 0.724. The van der Waals surface area contributed by atoms with Gasteiger partial charge in [0.25, 0.3) is 0 Å². The molecule has 0 fully saturated rings. The molecular weight excluding hydrogens is 268 g/mol. The lowest BCUT2D eigenvalue weighted by atomic mass is 10.1. The van der Waals surface area contributed by atoms with Crippen molar-refractivity contribution < 1.29 is 14.6 Å². The fourth-order valence-electron chi connectivity index (χ4n) is 2.10. The number of ether oxygens (including phenoxy) is 1. The van der Waals surface area contributed by atoms with E-state index in [4.69, 9.17) is 4.74 Å². The van der Waals surface area contributed by atoms with Crippen molar-refractivity contribution in [2.75, 3.05) is 18.5 Å². The molecule has 118 valence electrons. The minimum atomic E-state index is -0.351. The number of rotatable bonds is 7. The normalized spacial score (nSPS) is 13.4. The molecule has 0 spiro atoms. The van der Waals surface area contributed by atoms with Crippen LogP contribution in [0.1, 0.15) is 32.8 Å². The van der Waals surface area contributed by atoms with Crippen molar-refractivity contribution in [2.24, 2.45) is 5.92 Å². The van der Waals surface area contributed by atoms with Crippen LogP contribution in [0.4, 0.5) is 10.5 Å². The number of anilines is 1. The SMILES string of the molecule is CCOc1cc(NC(=O)NCC(C)CC(C)O)ccc1C. The molecule has 2 atom stereocenters. The van der Waals surface area contributed by atoms with Crippen molar-refractivity contribution in [1.29, 1.82) is 0 Å². The highest BCUT2D eigenvalue weighted by molar-refractivity contribution is 5.89. The summed E-state index contributed by atoms with van der Waals surface area (Å²) in [6.45, 7) is 8.75. The van der Waals surface area contributed by atoms with Crippen LogP contribution in [0.5, 0.6) is 5.75 Å². The molecule has 0 saturated heterocycles. The molecule has 0 radical (unpaired) electrons. The summed E-state index contributed by atoms with van der Waals surface area (Å²) >= 11 is 0. The van der Waals surface area contributed by atoms with Gasteiger partial charge in [-0.2, -0.15) is 0 Å². The zero-order valence-corrected chi connectivity index (χ0v) is 13.3. The number of carbonyl (C=O) groups excluding carboxylic acids is 1. The van der Waals surface area contributed by atoms with Gasteiger partial charge in [-0.3, -0.25) is 0 Å². The van der Waals surface area contributed by atoms with Gasteiger partial charge in [0.1, 0.15) is 5.75 Å². The smallest absolute Gasteiger partial charge is 0.319 e. The highest BCUT2D eigenvalue weighted by atomic mass is 16.5. The van der Waals surface area contributed by atoms with Crippen LogP contribution in [0.3, 0.4) is 0 Å². The van der Waals surface area contributed by atoms with Gasteiger partial charge in [-0.25, -0.2) is 4.79 Å². The van der Waals surface area contributed by atoms with E-state index in [1.165, 1.54) is 0 Å². The summed E-state index contributed by atoms with van der Waals surface area (Å²) in [4.78, 5) is 11.8. The van der Waals surface area contributed by atoms with Crippen LogP contribution >= 0.6 is 0 Å². The molecule has 3 N–H and O–H groups in total. The minimum Gasteiger partial charge on any atom is -0.494 e. The maximum absolute atomic E-state index is 11.8. The highest BCUT2D eigenvalue weighted by Crippen LogP contribution is 2.22. The first-order valence-corrected chi connectivity index (χ1v) is 7.38. The van der Waals surface area contributed by atoms with Crippen LogP contribution in [0.25, 0.3) is 0 Å². The first-order chi connectivity index (χ1) is 9.92. The molecule has 1 rings (SSSR count). The van der Waals surface area contributed by atoms with Crippen molar-refractivity contribution >= 4 is 11.7 Å². The van der Waals surface area contributed by atoms with Gasteiger partial charge in [0, 0.05) is 18.3 Å². The van der Waals surface area contributed by atoms with Gasteiger partial charge in [0.2, 0.25) is 0 Å². The van der Waals surface area contributed by atoms with Crippen LogP contribution < -0.4 is 15.4 Å². The van der Waals surface area contributed by atoms with Gasteiger partial charge in [-0.05, 0) is 44.7 Å². The zero-order valence-electron chi connectivity index (χ0n) is 13.3. The summed E-state index contributed by atoms with van der Waals surface area (Å²) in [5, 5.41) is 14.9. The Morgan fingerprint density at radius 1 is 1.38 bits per heavy atom. The first kappa shape index (κ1) is 17.3. The minimum absolute atomic E-state index is 0.229. The summed E-state index contributed by atoms with van der Waals surface area (Å²) in [5.41, 5.74) is 1.73. The van der Waals surface area contributed by atoms with Gasteiger partial charge in [-0.15, -0.1) is 0 Å². The van der Waals surface area contributed by atoms with E-state index < -0.39 is 0 Å². The predicted molar refractivity (Wildman–Crippen MR) is 84.8 cm³/mol. The predicted octanol–water partition coefficient (Wildman–Crippen LogP) is 2.92. The number of urea groups is 1. The summed E-state index contributed by atoms with van der Waals surface area (Å²) in [6, 6.07) is 5.32. The molecule has 0 bridgehead atoms. The Kier molecular flexibility index (Phi) is 7.02. The van der Waals surface area contributed by atoms with Gasteiger partial charge in [-0.1, -0.05) is 13.0 Å². The van der Waals surface area contributed by atoms with E-state index in [1.807, 2.05) is 39.0 Å². The summed E-state index contributed by atoms with van der Waals surface area (Å²) in [7, 11) is 0. The second-order valence-corrected chi connectivity index (χ2v) is 5.44. The van der Waals surface area contributed by atoms with E-state index >= 15 is 0 Å². The van der Waals surface area contributed by atoms with E-state index in [1.54, 1.807) is 6.92 Å². The average molecular weight is 294 g/mol. The lowest BCUT2D eigenvalue weighted by molar-refractivity contribution is 0.163. The Morgan fingerprint density at radius 2 is 2.10 bits per heavy atom. The van der Waals surface area contributed by atoms with Crippen LogP contribution in [0.2, 0.25) is 0 Å². The van der Waals surface area contributed by atoms with E-state index in [0.717, 1.165) is 11.3 Å². The summed E-state index contributed by atoms with van der Waals surface area (Å²) in [6.07, 6.45) is 0.315. The Morgan fingerprint density at radius 3 is 2.71 bits per heavy atom. The molecule has 0 aliphatic rings. The second kappa shape index (κ2) is 8.52. The molecule has 2 amide bonds. The highest BCUT2D eigenvalue weighted by Gasteiger charge is 2.09. The number of nitrogens with one attached hydrogen (secondary N) is 2. The number of hydrogen-bond acceptors (Lipinski definition) is 3. The third kappa shape index (κ3) is 6.49. The van der Waals surface area contributed by atoms with Crippen molar-refractivity contribution in [2.45, 2.75) is 40.2 Å². The number of hydrogen-bond donors (Lipinski definition) is 3. The molecule has 2 unspecified atom stereocenters. The standard InChI is InChI=1S/C16H26N2O3/c1-5-21-15-9-14(7-6-12(15)3)18-16(20)17-10-11(2)8-13(4)19/h6-7,9,11,13,19H,5,8,10H2,1-4H3,(H2,17,18,20). The van der Waals surface area contributed by atoms with Gasteiger partial charge in [0.15, 0.2) is 0 Å². The van der Waals surface area contributed by atoms with Crippen LogP contribution in [0, 0.1) is 12.8 Å². The Balaban J connectivity index is 2.49. The number of aliphatic hydroxyl groups is 1. The number of carbonyl (C=O) groups is 1. The summed E-state index contributed by atoms with van der Waals surface area (Å²) in [5.74, 6) is 1.01. The maximum Gasteiger partial charge on any atom is 0.319 e. The third-order valence-electron chi connectivity index (χ3n) is 3.10. The second-order valence-electron chi connectivity index (χ2n) is 5.44. The van der Waals surface area contributed by atoms with E-state index in [2.05, 4.69) is 10.6 Å². The van der Waals surface area contributed by atoms with Crippen molar-refractivity contribution in [3.63, 3.8) is 0 Å². The molecule has 1 aromatic rings. The molecule has 0 saturated carbocycles. The molecule has 0 aromatic heterocycles. The lowest BCUT2D eigenvalue weighted by Gasteiger charge is -2.15. The number of benzene rings is 1. The van der Waals surface area contributed by atoms with Crippen molar-refractivity contribution in [3.05, 3.63) is 23.8 Å². The number of amides is 2. The third-order valence-corrected chi connectivity index (χ3v) is 3.10. The molecular formula is C16H26N2O3. The zero-order chi connectivity index (χ0) is 15.8. The van der Waals surface area contributed by atoms with E-state index in [-0.39, 0.29) is 18.1 Å². The Hall–Kier alpha value is -1.75. The van der Waals surface area contributed by atoms with Crippen molar-refractivity contribution in [3.8, 4) is 5.75 Å². The number of aryl methyl sites for hydroxylation is 1. The fourth-order valence-corrected chi connectivity index (χ4v) is 2.10. The van der Waals surface area contributed by atoms with Crippen molar-refractivity contribution in [1.82, 2.24) is 5.32 Å². The number of aliphatic hydroxyl groups excluding tert-OH is 1. The summed E-state index contributed by atoms with van der Waals surface area (Å²) < 4.78 is 5.50. The molecule has 21 heavy (non-hydrogen) atoms. The monoisotopic (exact) mass is 294 g/mol. The molecule has 0 aliphatic carbocycles. The van der Waals surface area contributed by atoms with Gasteiger partial charge >= 0.3 is 6.03 Å². The Labute approximate surface area is 126 Å². The first-order valence-electron chi connectivity index (χ1n) is 7.38. The van der Waals surface area contributed by atoms with Crippen LogP contribution in [-0.4, -0.2) is 30.4 Å². The van der Waals surface area contributed by atoms with Gasteiger partial charge in [0.05, 0.1) is 12.7 Å². The van der Waals surface area contributed by atoms with Gasteiger partial charge < -0.3 is 20.5 Å². The maximum atomic E-state index is 11.8. The van der Waals surface area contributed by atoms with Crippen LogP contribution in [-0.2, 0) is 0 Å². The molecule has 5 heteroatoms. The van der Waals surface area contributed by atoms with E-state index in [0.29, 0.717) is 25.3 Å². The van der Waals surface area contributed by atoms with E-state index in [9.17, 15) is 9.90 Å². The Bertz CT molecular complexity index is 461. The average Bonchev–Trinajstić information content (AvgIpc) is 2.40. The topological polar surface area (TPSA) is 70.6 Å². The largest absolute Gasteiger partial charge is 0.494 e. The molecule has 0 heterocycles. The van der Waals surface area contributed by atoms with Crippen LogP contribution in [0.15, 0.2) is 18.2 Å².